The molecule has 0 spiro atoms. The second-order valence-corrected chi connectivity index (χ2v) is 5.52. The Kier molecular flexibility index (Phi) is 5.13. The molecule has 8 heteroatoms. The number of rotatable bonds is 4. The Morgan fingerprint density at radius 1 is 1.50 bits per heavy atom. The summed E-state index contributed by atoms with van der Waals surface area (Å²) in [5, 5.41) is 12.0. The number of piperazine rings is 1. The molecular weight excluding hydrogens is 324 g/mol. The molecule has 2 rings (SSSR count). The van der Waals surface area contributed by atoms with Gasteiger partial charge in [0, 0.05) is 32.4 Å². The van der Waals surface area contributed by atoms with Crippen LogP contribution in [0, 0.1) is 0 Å². The Morgan fingerprint density at radius 3 is 2.75 bits per heavy atom. The average molecular weight is 343 g/mol. The Labute approximate surface area is 126 Å². The fourth-order valence-electron chi connectivity index (χ4n) is 2.51. The molecule has 0 aliphatic carbocycles. The van der Waals surface area contributed by atoms with Crippen LogP contribution in [0.5, 0.6) is 0 Å². The van der Waals surface area contributed by atoms with Crippen LogP contribution in [0.1, 0.15) is 13.3 Å². The third-order valence-electron chi connectivity index (χ3n) is 3.55. The summed E-state index contributed by atoms with van der Waals surface area (Å²) in [4.78, 5) is 12.7. The zero-order valence-electron chi connectivity index (χ0n) is 11.4. The topological polar surface area (TPSA) is 90.9 Å². The minimum atomic E-state index is -0.00371. The zero-order chi connectivity index (χ0) is 14.5. The quantitative estimate of drug-likeness (QED) is 0.365. The van der Waals surface area contributed by atoms with Crippen molar-refractivity contribution in [3.8, 4) is 0 Å². The van der Waals surface area contributed by atoms with Gasteiger partial charge in [0.25, 0.3) is 0 Å². The molecule has 1 aliphatic heterocycles. The number of hydrogen-bond acceptors (Lipinski definition) is 6. The van der Waals surface area contributed by atoms with E-state index in [4.69, 9.17) is 10.9 Å². The maximum atomic E-state index is 8.84. The van der Waals surface area contributed by atoms with Crippen molar-refractivity contribution in [2.45, 2.75) is 19.4 Å². The van der Waals surface area contributed by atoms with E-state index in [0.717, 1.165) is 42.9 Å². The molecule has 110 valence electrons. The lowest BCUT2D eigenvalue weighted by Gasteiger charge is -2.39. The molecule has 1 unspecified atom stereocenters. The number of oxime groups is 1. The van der Waals surface area contributed by atoms with Crippen LogP contribution in [-0.4, -0.2) is 58.1 Å². The number of anilines is 1. The lowest BCUT2D eigenvalue weighted by Crippen LogP contribution is -2.54. The maximum Gasteiger partial charge on any atom is 0.156 e. The summed E-state index contributed by atoms with van der Waals surface area (Å²) in [5.41, 5.74) is 5.75. The van der Waals surface area contributed by atoms with Gasteiger partial charge >= 0.3 is 0 Å². The molecule has 2 heterocycles. The van der Waals surface area contributed by atoms with Crippen molar-refractivity contribution < 1.29 is 5.21 Å². The van der Waals surface area contributed by atoms with Crippen LogP contribution < -0.4 is 10.6 Å². The first-order chi connectivity index (χ1) is 9.67. The van der Waals surface area contributed by atoms with Crippen molar-refractivity contribution in [2.75, 3.05) is 31.1 Å². The second-order valence-electron chi connectivity index (χ2n) is 4.67. The summed E-state index contributed by atoms with van der Waals surface area (Å²) in [7, 11) is 0. The Bertz CT molecular complexity index is 475. The molecule has 1 aliphatic rings. The van der Waals surface area contributed by atoms with Crippen LogP contribution in [0.15, 0.2) is 22.2 Å². The van der Waals surface area contributed by atoms with Crippen LogP contribution >= 0.6 is 15.9 Å². The summed E-state index contributed by atoms with van der Waals surface area (Å²) in [6.45, 7) is 5.45. The molecule has 1 atom stereocenters. The summed E-state index contributed by atoms with van der Waals surface area (Å²) in [6.07, 6.45) is 4.13. The second kappa shape index (κ2) is 6.85. The summed E-state index contributed by atoms with van der Waals surface area (Å²) < 4.78 is 0.900. The van der Waals surface area contributed by atoms with Crippen molar-refractivity contribution in [1.29, 1.82) is 0 Å². The SMILES string of the molecule is CCC(C(N)=NO)N1CCN(c2ncncc2Br)CC1. The molecule has 20 heavy (non-hydrogen) atoms. The van der Waals surface area contributed by atoms with Crippen molar-refractivity contribution in [3.63, 3.8) is 0 Å². The van der Waals surface area contributed by atoms with Gasteiger partial charge < -0.3 is 15.8 Å². The first-order valence-electron chi connectivity index (χ1n) is 6.59. The van der Waals surface area contributed by atoms with E-state index in [0.29, 0.717) is 0 Å². The third-order valence-corrected chi connectivity index (χ3v) is 4.11. The molecule has 7 nitrogen and oxygen atoms in total. The predicted molar refractivity (Wildman–Crippen MR) is 81.0 cm³/mol. The largest absolute Gasteiger partial charge is 0.409 e. The molecule has 0 aromatic carbocycles. The van der Waals surface area contributed by atoms with E-state index < -0.39 is 0 Å². The standard InChI is InChI=1S/C12H19BrN6O/c1-2-10(11(14)17-20)18-3-5-19(6-4-18)12-9(13)7-15-8-16-12/h7-8,10,20H,2-6H2,1H3,(H2,14,17). The van der Waals surface area contributed by atoms with Crippen LogP contribution in [0.25, 0.3) is 0 Å². The fourth-order valence-corrected chi connectivity index (χ4v) is 2.98. The van der Waals surface area contributed by atoms with E-state index in [-0.39, 0.29) is 11.9 Å². The monoisotopic (exact) mass is 342 g/mol. The van der Waals surface area contributed by atoms with Gasteiger partial charge in [-0.1, -0.05) is 12.1 Å². The summed E-state index contributed by atoms with van der Waals surface area (Å²) >= 11 is 3.47. The molecule has 1 aromatic heterocycles. The van der Waals surface area contributed by atoms with E-state index in [2.05, 4.69) is 40.9 Å². The van der Waals surface area contributed by atoms with E-state index in [1.54, 1.807) is 12.5 Å². The van der Waals surface area contributed by atoms with E-state index >= 15 is 0 Å². The van der Waals surface area contributed by atoms with Gasteiger partial charge in [-0.3, -0.25) is 4.90 Å². The maximum absolute atomic E-state index is 8.84. The minimum Gasteiger partial charge on any atom is -0.409 e. The van der Waals surface area contributed by atoms with Crippen molar-refractivity contribution in [1.82, 2.24) is 14.9 Å². The van der Waals surface area contributed by atoms with Crippen LogP contribution in [-0.2, 0) is 0 Å². The smallest absolute Gasteiger partial charge is 0.156 e. The Hall–Kier alpha value is -1.41. The fraction of sp³-hybridized carbons (Fsp3) is 0.583. The first kappa shape index (κ1) is 15.0. The number of nitrogens with two attached hydrogens (primary N) is 1. The molecule has 3 N–H and O–H groups in total. The average Bonchev–Trinajstić information content (AvgIpc) is 2.49. The number of aromatic nitrogens is 2. The number of amidine groups is 1. The van der Waals surface area contributed by atoms with Gasteiger partial charge in [-0.15, -0.1) is 0 Å². The van der Waals surface area contributed by atoms with Gasteiger partial charge in [0.15, 0.2) is 5.84 Å². The molecule has 1 saturated heterocycles. The number of halogens is 1. The normalized spacial score (nSPS) is 19.1. The van der Waals surface area contributed by atoms with Crippen LogP contribution in [0.4, 0.5) is 5.82 Å². The van der Waals surface area contributed by atoms with Crippen LogP contribution in [0.3, 0.4) is 0 Å². The summed E-state index contributed by atoms with van der Waals surface area (Å²) in [6, 6.07) is -0.00371. The zero-order valence-corrected chi connectivity index (χ0v) is 13.0. The van der Waals surface area contributed by atoms with Crippen molar-refractivity contribution in [2.24, 2.45) is 10.9 Å². The highest BCUT2D eigenvalue weighted by Crippen LogP contribution is 2.23. The molecule has 0 saturated carbocycles. The molecule has 0 radical (unpaired) electrons. The number of hydrogen-bond donors (Lipinski definition) is 2. The molecule has 0 amide bonds. The Morgan fingerprint density at radius 2 is 2.20 bits per heavy atom. The van der Waals surface area contributed by atoms with Crippen LogP contribution in [0.2, 0.25) is 0 Å². The van der Waals surface area contributed by atoms with Gasteiger partial charge in [0.05, 0.1) is 10.5 Å². The predicted octanol–water partition coefficient (Wildman–Crippen LogP) is 0.886. The minimum absolute atomic E-state index is 0.00371. The van der Waals surface area contributed by atoms with E-state index in [1.807, 2.05) is 6.92 Å². The van der Waals surface area contributed by atoms with Gasteiger partial charge in [-0.25, -0.2) is 9.97 Å². The lowest BCUT2D eigenvalue weighted by atomic mass is 10.1. The summed E-state index contributed by atoms with van der Waals surface area (Å²) in [5.74, 6) is 1.20. The van der Waals surface area contributed by atoms with Gasteiger partial charge in [0.2, 0.25) is 0 Å². The molecule has 1 aromatic rings. The third kappa shape index (κ3) is 3.18. The Balaban J connectivity index is 2.00. The molecular formula is C12H19BrN6O. The van der Waals surface area contributed by atoms with Crippen molar-refractivity contribution >= 4 is 27.6 Å². The first-order valence-corrected chi connectivity index (χ1v) is 7.38. The lowest BCUT2D eigenvalue weighted by molar-refractivity contribution is 0.215. The van der Waals surface area contributed by atoms with Crippen molar-refractivity contribution in [3.05, 3.63) is 17.0 Å². The molecule has 0 bridgehead atoms. The molecule has 1 fully saturated rings. The highest BCUT2D eigenvalue weighted by molar-refractivity contribution is 9.10. The highest BCUT2D eigenvalue weighted by atomic mass is 79.9. The van der Waals surface area contributed by atoms with Gasteiger partial charge in [0.1, 0.15) is 12.1 Å². The van der Waals surface area contributed by atoms with Gasteiger partial charge in [-0.05, 0) is 22.4 Å². The number of nitrogens with zero attached hydrogens (tertiary/aromatic N) is 5. The van der Waals surface area contributed by atoms with E-state index in [9.17, 15) is 0 Å². The van der Waals surface area contributed by atoms with Gasteiger partial charge in [-0.2, -0.15) is 0 Å². The highest BCUT2D eigenvalue weighted by Gasteiger charge is 2.26. The van der Waals surface area contributed by atoms with E-state index in [1.165, 1.54) is 0 Å².